The van der Waals surface area contributed by atoms with Gasteiger partial charge >= 0.3 is 0 Å². The van der Waals surface area contributed by atoms with Crippen LogP contribution in [0.2, 0.25) is 0 Å². The highest BCUT2D eigenvalue weighted by Crippen LogP contribution is 2.13. The molecule has 138 valence electrons. The summed E-state index contributed by atoms with van der Waals surface area (Å²) < 4.78 is 0. The van der Waals surface area contributed by atoms with Gasteiger partial charge in [-0.25, -0.2) is 0 Å². The van der Waals surface area contributed by atoms with E-state index in [0.29, 0.717) is 6.42 Å². The van der Waals surface area contributed by atoms with Crippen LogP contribution in [0.1, 0.15) is 84.5 Å². The lowest BCUT2D eigenvalue weighted by molar-refractivity contribution is -0.143. The fraction of sp³-hybridized carbons (Fsp3) is 0.944. The summed E-state index contributed by atoms with van der Waals surface area (Å²) in [6.45, 7) is 3.51. The highest BCUT2D eigenvalue weighted by atomic mass is 16.4. The molecule has 0 aromatic heterocycles. The zero-order valence-corrected chi connectivity index (χ0v) is 14.8. The molecule has 0 amide bonds. The molecular formula is C18H36O5. The molecule has 5 nitrogen and oxygen atoms in total. The molecule has 0 rings (SSSR count). The molecule has 0 unspecified atom stereocenters. The SMILES string of the molecule is CCCCCCCCCCCCC(=O)[C@@H](O)[C@@H](O)[C@H](O)[C@@H](C)O. The van der Waals surface area contributed by atoms with Crippen molar-refractivity contribution >= 4 is 5.78 Å². The third-order valence-electron chi connectivity index (χ3n) is 4.27. The maximum atomic E-state index is 11.7. The maximum Gasteiger partial charge on any atom is 0.164 e. The van der Waals surface area contributed by atoms with Gasteiger partial charge in [0.1, 0.15) is 18.3 Å². The van der Waals surface area contributed by atoms with Crippen molar-refractivity contribution in [2.75, 3.05) is 0 Å². The lowest BCUT2D eigenvalue weighted by Gasteiger charge is -2.23. The van der Waals surface area contributed by atoms with Crippen LogP contribution >= 0.6 is 0 Å². The van der Waals surface area contributed by atoms with E-state index in [1.165, 1.54) is 51.9 Å². The Hall–Kier alpha value is -0.490. The average molecular weight is 332 g/mol. The van der Waals surface area contributed by atoms with Crippen LogP contribution in [0, 0.1) is 0 Å². The predicted molar refractivity (Wildman–Crippen MR) is 91.2 cm³/mol. The topological polar surface area (TPSA) is 98.0 Å². The Bertz CT molecular complexity index is 293. The van der Waals surface area contributed by atoms with Crippen LogP contribution in [0.25, 0.3) is 0 Å². The quantitative estimate of drug-likeness (QED) is 0.345. The number of carbonyl (C=O) groups excluding carboxylic acids is 1. The van der Waals surface area contributed by atoms with Gasteiger partial charge in [-0.05, 0) is 13.3 Å². The molecule has 0 aliphatic heterocycles. The summed E-state index contributed by atoms with van der Waals surface area (Å²) in [4.78, 5) is 11.7. The van der Waals surface area contributed by atoms with Crippen molar-refractivity contribution in [1.82, 2.24) is 0 Å². The Kier molecular flexibility index (Phi) is 13.6. The molecule has 0 aliphatic carbocycles. The second-order valence-electron chi connectivity index (χ2n) is 6.56. The Morgan fingerprint density at radius 1 is 0.739 bits per heavy atom. The first kappa shape index (κ1) is 22.5. The van der Waals surface area contributed by atoms with Crippen LogP contribution in [0.3, 0.4) is 0 Å². The Morgan fingerprint density at radius 3 is 1.61 bits per heavy atom. The predicted octanol–water partition coefficient (Wildman–Crippen LogP) is 2.33. The number of carbonyl (C=O) groups is 1. The first-order chi connectivity index (χ1) is 10.9. The molecule has 0 aromatic rings. The van der Waals surface area contributed by atoms with E-state index in [-0.39, 0.29) is 6.42 Å². The minimum Gasteiger partial charge on any atom is -0.391 e. The van der Waals surface area contributed by atoms with E-state index in [2.05, 4.69) is 6.92 Å². The number of Topliss-reactive ketones (excluding diaryl/α,β-unsaturated/α-hetero) is 1. The number of hydrogen-bond acceptors (Lipinski definition) is 5. The van der Waals surface area contributed by atoms with Gasteiger partial charge in [-0.1, -0.05) is 64.7 Å². The zero-order valence-electron chi connectivity index (χ0n) is 14.8. The molecule has 4 atom stereocenters. The van der Waals surface area contributed by atoms with Crippen molar-refractivity contribution in [2.24, 2.45) is 0 Å². The smallest absolute Gasteiger partial charge is 0.164 e. The number of ketones is 1. The van der Waals surface area contributed by atoms with Crippen LogP contribution in [-0.4, -0.2) is 50.6 Å². The summed E-state index contributed by atoms with van der Waals surface area (Å²) in [7, 11) is 0. The molecule has 4 N–H and O–H groups in total. The van der Waals surface area contributed by atoms with Crippen molar-refractivity contribution in [3.8, 4) is 0 Å². The van der Waals surface area contributed by atoms with E-state index in [4.69, 9.17) is 5.11 Å². The number of unbranched alkanes of at least 4 members (excludes halogenated alkanes) is 9. The van der Waals surface area contributed by atoms with Crippen molar-refractivity contribution in [3.63, 3.8) is 0 Å². The molecule has 0 aromatic carbocycles. The zero-order chi connectivity index (χ0) is 17.7. The Labute approximate surface area is 140 Å². The van der Waals surface area contributed by atoms with Gasteiger partial charge in [0.05, 0.1) is 6.10 Å². The molecule has 0 spiro atoms. The number of rotatable bonds is 15. The first-order valence-electron chi connectivity index (χ1n) is 9.16. The molecule has 0 bridgehead atoms. The van der Waals surface area contributed by atoms with Gasteiger partial charge in [0.2, 0.25) is 0 Å². The van der Waals surface area contributed by atoms with Gasteiger partial charge in [-0.2, -0.15) is 0 Å². The van der Waals surface area contributed by atoms with Gasteiger partial charge in [0, 0.05) is 6.42 Å². The molecule has 0 saturated carbocycles. The van der Waals surface area contributed by atoms with E-state index in [1.54, 1.807) is 0 Å². The third kappa shape index (κ3) is 10.8. The summed E-state index contributed by atoms with van der Waals surface area (Å²) in [5.74, 6) is -0.475. The molecule has 0 saturated heterocycles. The summed E-state index contributed by atoms with van der Waals surface area (Å²) in [5, 5.41) is 37.9. The van der Waals surface area contributed by atoms with Crippen LogP contribution in [0.4, 0.5) is 0 Å². The van der Waals surface area contributed by atoms with Gasteiger partial charge in [0.15, 0.2) is 5.78 Å². The molecule has 0 fully saturated rings. The summed E-state index contributed by atoms with van der Waals surface area (Å²) in [6, 6.07) is 0. The lowest BCUT2D eigenvalue weighted by Crippen LogP contribution is -2.46. The number of hydrogen-bond donors (Lipinski definition) is 4. The van der Waals surface area contributed by atoms with E-state index in [1.807, 2.05) is 0 Å². The van der Waals surface area contributed by atoms with Crippen molar-refractivity contribution in [3.05, 3.63) is 0 Å². The van der Waals surface area contributed by atoms with Crippen molar-refractivity contribution < 1.29 is 25.2 Å². The molecular weight excluding hydrogens is 296 g/mol. The highest BCUT2D eigenvalue weighted by molar-refractivity contribution is 5.83. The van der Waals surface area contributed by atoms with Crippen LogP contribution in [-0.2, 0) is 4.79 Å². The average Bonchev–Trinajstić information content (AvgIpc) is 2.54. The Balaban J connectivity index is 3.63. The molecule has 0 heterocycles. The number of aliphatic hydroxyl groups excluding tert-OH is 4. The normalized spacial score (nSPS) is 16.8. The Morgan fingerprint density at radius 2 is 1.17 bits per heavy atom. The highest BCUT2D eigenvalue weighted by Gasteiger charge is 2.32. The first-order valence-corrected chi connectivity index (χ1v) is 9.16. The van der Waals surface area contributed by atoms with Gasteiger partial charge in [-0.15, -0.1) is 0 Å². The van der Waals surface area contributed by atoms with Gasteiger partial charge in [-0.3, -0.25) is 4.79 Å². The largest absolute Gasteiger partial charge is 0.391 e. The number of aliphatic hydroxyl groups is 4. The van der Waals surface area contributed by atoms with E-state index in [9.17, 15) is 20.1 Å². The second kappa shape index (κ2) is 13.9. The molecule has 23 heavy (non-hydrogen) atoms. The van der Waals surface area contributed by atoms with Crippen LogP contribution < -0.4 is 0 Å². The minimum absolute atomic E-state index is 0.196. The molecule has 0 aliphatic rings. The van der Waals surface area contributed by atoms with Crippen LogP contribution in [0.5, 0.6) is 0 Å². The van der Waals surface area contributed by atoms with Crippen molar-refractivity contribution in [1.29, 1.82) is 0 Å². The van der Waals surface area contributed by atoms with E-state index < -0.39 is 30.2 Å². The second-order valence-corrected chi connectivity index (χ2v) is 6.56. The lowest BCUT2D eigenvalue weighted by atomic mass is 9.97. The van der Waals surface area contributed by atoms with Gasteiger partial charge in [0.25, 0.3) is 0 Å². The standard InChI is InChI=1S/C18H36O5/c1-3-4-5-6-7-8-9-10-11-12-13-15(20)17(22)18(23)16(21)14(2)19/h14,16-19,21-23H,3-13H2,1-2H3/t14-,16-,17-,18+/m1/s1. The van der Waals surface area contributed by atoms with Gasteiger partial charge < -0.3 is 20.4 Å². The monoisotopic (exact) mass is 332 g/mol. The minimum atomic E-state index is -1.63. The fourth-order valence-corrected chi connectivity index (χ4v) is 2.60. The summed E-state index contributed by atoms with van der Waals surface area (Å²) >= 11 is 0. The molecule has 5 heteroatoms. The fourth-order valence-electron chi connectivity index (χ4n) is 2.60. The molecule has 0 radical (unpaired) electrons. The van der Waals surface area contributed by atoms with E-state index >= 15 is 0 Å². The summed E-state index contributed by atoms with van der Waals surface area (Å²) in [5.41, 5.74) is 0. The third-order valence-corrected chi connectivity index (χ3v) is 4.27. The summed E-state index contributed by atoms with van der Waals surface area (Å²) in [6.07, 6.45) is 5.83. The van der Waals surface area contributed by atoms with Crippen molar-refractivity contribution in [2.45, 2.75) is 109 Å². The van der Waals surface area contributed by atoms with E-state index in [0.717, 1.165) is 12.8 Å². The maximum absolute atomic E-state index is 11.7. The van der Waals surface area contributed by atoms with Crippen LogP contribution in [0.15, 0.2) is 0 Å².